The van der Waals surface area contributed by atoms with E-state index in [2.05, 4.69) is 57.2 Å². The molecule has 0 fully saturated rings. The van der Waals surface area contributed by atoms with E-state index in [1.807, 2.05) is 0 Å². The van der Waals surface area contributed by atoms with E-state index in [0.29, 0.717) is 5.92 Å². The average molecular weight is 226 g/mol. The lowest BCUT2D eigenvalue weighted by atomic mass is 9.94. The highest BCUT2D eigenvalue weighted by molar-refractivity contribution is 5.76. The maximum absolute atomic E-state index is 2.44. The Morgan fingerprint density at radius 1 is 1.12 bits per heavy atom. The van der Waals surface area contributed by atoms with Crippen molar-refractivity contribution in [3.05, 3.63) is 53.1 Å². The first-order chi connectivity index (χ1) is 8.22. The molecule has 0 unspecified atom stereocenters. The zero-order chi connectivity index (χ0) is 12.3. The lowest BCUT2D eigenvalue weighted by Gasteiger charge is -2.10. The maximum atomic E-state index is 2.44. The normalized spacial score (nSPS) is 15.6. The third-order valence-electron chi connectivity index (χ3n) is 3.43. The number of hydrogen-bond donors (Lipinski definition) is 0. The Bertz CT molecular complexity index is 432. The second-order valence-electron chi connectivity index (χ2n) is 5.18. The van der Waals surface area contributed by atoms with Crippen molar-refractivity contribution in [2.45, 2.75) is 40.0 Å². The molecule has 0 atom stereocenters. The first-order valence-corrected chi connectivity index (χ1v) is 6.70. The number of allylic oxidation sites excluding steroid dienone is 4. The van der Waals surface area contributed by atoms with Crippen molar-refractivity contribution in [3.63, 3.8) is 0 Å². The smallest absolute Gasteiger partial charge is 0.00551 e. The predicted octanol–water partition coefficient (Wildman–Crippen LogP) is 5.23. The van der Waals surface area contributed by atoms with E-state index >= 15 is 0 Å². The van der Waals surface area contributed by atoms with Crippen LogP contribution >= 0.6 is 0 Å². The van der Waals surface area contributed by atoms with Gasteiger partial charge >= 0.3 is 0 Å². The molecule has 0 spiro atoms. The van der Waals surface area contributed by atoms with Gasteiger partial charge in [0, 0.05) is 0 Å². The van der Waals surface area contributed by atoms with Crippen LogP contribution in [0.4, 0.5) is 0 Å². The third-order valence-corrected chi connectivity index (χ3v) is 3.43. The lowest BCUT2D eigenvalue weighted by Crippen LogP contribution is -1.92. The highest BCUT2D eigenvalue weighted by atomic mass is 14.2. The molecule has 0 aliphatic heterocycles. The van der Waals surface area contributed by atoms with E-state index in [1.165, 1.54) is 18.4 Å². The molecule has 0 heteroatoms. The minimum atomic E-state index is 0.625. The van der Waals surface area contributed by atoms with Crippen LogP contribution < -0.4 is 0 Å². The van der Waals surface area contributed by atoms with Gasteiger partial charge in [-0.3, -0.25) is 0 Å². The van der Waals surface area contributed by atoms with Crippen molar-refractivity contribution in [2.75, 3.05) is 0 Å². The van der Waals surface area contributed by atoms with Crippen molar-refractivity contribution in [1.82, 2.24) is 0 Å². The van der Waals surface area contributed by atoms with Gasteiger partial charge in [0.05, 0.1) is 0 Å². The Balaban J connectivity index is 2.31. The van der Waals surface area contributed by atoms with Crippen LogP contribution in [0.5, 0.6) is 0 Å². The highest BCUT2D eigenvalue weighted by Gasteiger charge is 2.18. The van der Waals surface area contributed by atoms with Gasteiger partial charge in [0.15, 0.2) is 0 Å². The second kappa shape index (κ2) is 5.35. The van der Waals surface area contributed by atoms with Gasteiger partial charge in [0.2, 0.25) is 0 Å². The Labute approximate surface area is 105 Å². The zero-order valence-electron chi connectivity index (χ0n) is 11.2. The zero-order valence-corrected chi connectivity index (χ0v) is 11.2. The predicted molar refractivity (Wildman–Crippen MR) is 75.8 cm³/mol. The van der Waals surface area contributed by atoms with Crippen molar-refractivity contribution in [3.8, 4) is 0 Å². The molecular formula is C17H22. The minimum absolute atomic E-state index is 0.625. The molecule has 0 heterocycles. The largest absolute Gasteiger partial charge is 0.0655 e. The summed E-state index contributed by atoms with van der Waals surface area (Å²) in [6.45, 7) is 6.85. The van der Waals surface area contributed by atoms with Crippen molar-refractivity contribution >= 4 is 5.57 Å². The third kappa shape index (κ3) is 2.69. The fourth-order valence-electron chi connectivity index (χ4n) is 2.59. The first-order valence-electron chi connectivity index (χ1n) is 6.70. The fraction of sp³-hybridized carbons (Fsp3) is 0.412. The van der Waals surface area contributed by atoms with Crippen molar-refractivity contribution < 1.29 is 0 Å². The Hall–Kier alpha value is -1.30. The molecular weight excluding hydrogens is 204 g/mol. The summed E-state index contributed by atoms with van der Waals surface area (Å²) >= 11 is 0. The molecule has 0 bridgehead atoms. The second-order valence-corrected chi connectivity index (χ2v) is 5.18. The van der Waals surface area contributed by atoms with Crippen molar-refractivity contribution in [2.24, 2.45) is 5.92 Å². The van der Waals surface area contributed by atoms with Crippen LogP contribution in [0.2, 0.25) is 0 Å². The minimum Gasteiger partial charge on any atom is -0.0655 e. The fourth-order valence-corrected chi connectivity index (χ4v) is 2.59. The molecule has 0 nitrogen and oxygen atoms in total. The summed E-state index contributed by atoms with van der Waals surface area (Å²) in [5.41, 5.74) is 6.09. The van der Waals surface area contributed by atoms with Crippen LogP contribution in [-0.2, 0) is 0 Å². The Morgan fingerprint density at radius 2 is 1.82 bits per heavy atom. The molecule has 17 heavy (non-hydrogen) atoms. The van der Waals surface area contributed by atoms with Gasteiger partial charge in [-0.25, -0.2) is 0 Å². The maximum Gasteiger partial charge on any atom is -0.00551 e. The van der Waals surface area contributed by atoms with E-state index in [-0.39, 0.29) is 0 Å². The Morgan fingerprint density at radius 3 is 2.41 bits per heavy atom. The molecule has 1 aromatic rings. The van der Waals surface area contributed by atoms with Gasteiger partial charge in [-0.1, -0.05) is 69.2 Å². The summed E-state index contributed by atoms with van der Waals surface area (Å²) in [6.07, 6.45) is 6.09. The van der Waals surface area contributed by atoms with E-state index in [9.17, 15) is 0 Å². The average Bonchev–Trinajstić information content (AvgIpc) is 2.75. The molecule has 1 aliphatic carbocycles. The summed E-state index contributed by atoms with van der Waals surface area (Å²) in [6, 6.07) is 10.8. The van der Waals surface area contributed by atoms with Crippen LogP contribution in [0, 0.1) is 5.92 Å². The summed E-state index contributed by atoms with van der Waals surface area (Å²) in [4.78, 5) is 0. The summed E-state index contributed by atoms with van der Waals surface area (Å²) in [7, 11) is 0. The van der Waals surface area contributed by atoms with Gasteiger partial charge in [0.25, 0.3) is 0 Å². The van der Waals surface area contributed by atoms with Crippen LogP contribution in [0.3, 0.4) is 0 Å². The molecule has 1 aliphatic rings. The molecule has 0 radical (unpaired) electrons. The topological polar surface area (TPSA) is 0 Å². The number of rotatable bonds is 4. The van der Waals surface area contributed by atoms with Gasteiger partial charge in [-0.05, 0) is 35.5 Å². The van der Waals surface area contributed by atoms with E-state index < -0.39 is 0 Å². The van der Waals surface area contributed by atoms with Crippen LogP contribution in [0.15, 0.2) is 47.6 Å². The van der Waals surface area contributed by atoms with Gasteiger partial charge < -0.3 is 0 Å². The van der Waals surface area contributed by atoms with Crippen LogP contribution in [0.1, 0.15) is 45.6 Å². The Kier molecular flexibility index (Phi) is 3.83. The molecule has 2 rings (SSSR count). The lowest BCUT2D eigenvalue weighted by molar-refractivity contribution is 0.795. The molecule has 0 N–H and O–H groups in total. The SMILES string of the molecule is CCCC1=CC(C(C)C)=C(c2ccccc2)C1. The van der Waals surface area contributed by atoms with Gasteiger partial charge in [0.1, 0.15) is 0 Å². The van der Waals surface area contributed by atoms with Crippen LogP contribution in [-0.4, -0.2) is 0 Å². The van der Waals surface area contributed by atoms with E-state index in [1.54, 1.807) is 16.7 Å². The van der Waals surface area contributed by atoms with Crippen LogP contribution in [0.25, 0.3) is 5.57 Å². The molecule has 0 amide bonds. The molecule has 0 saturated heterocycles. The standard InChI is InChI=1S/C17H22/c1-4-8-14-11-16(13(2)3)17(12-14)15-9-6-5-7-10-15/h5-7,9-11,13H,4,8,12H2,1-3H3. The molecule has 0 aromatic heterocycles. The summed E-state index contributed by atoms with van der Waals surface area (Å²) < 4.78 is 0. The first kappa shape index (κ1) is 12.2. The quantitative estimate of drug-likeness (QED) is 0.659. The van der Waals surface area contributed by atoms with E-state index in [4.69, 9.17) is 0 Å². The van der Waals surface area contributed by atoms with Crippen molar-refractivity contribution in [1.29, 1.82) is 0 Å². The van der Waals surface area contributed by atoms with Gasteiger partial charge in [-0.2, -0.15) is 0 Å². The number of hydrogen-bond acceptors (Lipinski definition) is 0. The monoisotopic (exact) mass is 226 g/mol. The molecule has 1 aromatic carbocycles. The molecule has 90 valence electrons. The van der Waals surface area contributed by atoms with Gasteiger partial charge in [-0.15, -0.1) is 0 Å². The summed E-state index contributed by atoms with van der Waals surface area (Å²) in [5, 5.41) is 0. The molecule has 0 saturated carbocycles. The highest BCUT2D eigenvalue weighted by Crippen LogP contribution is 2.38. The van der Waals surface area contributed by atoms with E-state index in [0.717, 1.165) is 6.42 Å². The number of benzene rings is 1. The summed E-state index contributed by atoms with van der Waals surface area (Å²) in [5.74, 6) is 0.625.